The highest BCUT2D eigenvalue weighted by Crippen LogP contribution is 2.38. The van der Waals surface area contributed by atoms with Crippen LogP contribution >= 0.6 is 0 Å². The van der Waals surface area contributed by atoms with Gasteiger partial charge in [-0.05, 0) is 71.8 Å². The van der Waals surface area contributed by atoms with Crippen molar-refractivity contribution in [1.82, 2.24) is 19.6 Å². The molecule has 5 aromatic carbocycles. The second-order valence-electron chi connectivity index (χ2n) is 11.5. The second-order valence-corrected chi connectivity index (χ2v) is 11.5. The highest BCUT2D eigenvalue weighted by atomic mass is 16.5. The number of aromatic nitrogens is 4. The van der Waals surface area contributed by atoms with Crippen molar-refractivity contribution in [3.05, 3.63) is 126 Å². The van der Waals surface area contributed by atoms with E-state index in [9.17, 15) is 0 Å². The number of methoxy groups -OCH3 is 5. The Hall–Kier alpha value is -6.62. The summed E-state index contributed by atoms with van der Waals surface area (Å²) >= 11 is 0. The van der Waals surface area contributed by atoms with Gasteiger partial charge in [0.05, 0.1) is 46.6 Å². The van der Waals surface area contributed by atoms with E-state index in [4.69, 9.17) is 43.9 Å². The van der Waals surface area contributed by atoms with Crippen LogP contribution in [0.1, 0.15) is 22.9 Å². The highest BCUT2D eigenvalue weighted by Gasteiger charge is 2.26. The van der Waals surface area contributed by atoms with Gasteiger partial charge in [-0.15, -0.1) is 10.2 Å². The molecule has 0 spiro atoms. The molecule has 0 atom stereocenters. The first-order valence-corrected chi connectivity index (χ1v) is 16.1. The van der Waals surface area contributed by atoms with Crippen molar-refractivity contribution in [3.63, 3.8) is 0 Å². The molecule has 11 heteroatoms. The van der Waals surface area contributed by atoms with E-state index in [1.54, 1.807) is 48.0 Å². The van der Waals surface area contributed by atoms with Crippen LogP contribution in [0.25, 0.3) is 21.8 Å². The molecule has 0 unspecified atom stereocenters. The van der Waals surface area contributed by atoms with Crippen molar-refractivity contribution >= 4 is 45.9 Å². The maximum Gasteiger partial charge on any atom is 0.181 e. The summed E-state index contributed by atoms with van der Waals surface area (Å²) in [5.74, 6) is 4.56. The van der Waals surface area contributed by atoms with Crippen LogP contribution < -0.4 is 23.7 Å². The molecule has 0 N–H and O–H groups in total. The molecular weight excluding hydrogens is 644 g/mol. The minimum Gasteiger partial charge on any atom is -0.497 e. The molecule has 2 aromatic heterocycles. The fraction of sp³-hybridized carbons (Fsp3) is 0.150. The number of benzene rings is 5. The van der Waals surface area contributed by atoms with Crippen molar-refractivity contribution in [2.75, 3.05) is 35.5 Å². The zero-order chi connectivity index (χ0) is 35.3. The number of nitrogens with zero attached hydrogens (tertiary/aromatic N) is 6. The number of rotatable bonds is 12. The molecule has 0 aliphatic heterocycles. The lowest BCUT2D eigenvalue weighted by Crippen LogP contribution is -2.22. The summed E-state index contributed by atoms with van der Waals surface area (Å²) in [5.41, 5.74) is 4.18. The van der Waals surface area contributed by atoms with E-state index in [2.05, 4.69) is 0 Å². The van der Waals surface area contributed by atoms with E-state index < -0.39 is 6.17 Å². The van der Waals surface area contributed by atoms with E-state index in [0.717, 1.165) is 50.0 Å². The fourth-order valence-electron chi connectivity index (χ4n) is 5.92. The monoisotopic (exact) mass is 680 g/mol. The Kier molecular flexibility index (Phi) is 9.34. The fourth-order valence-corrected chi connectivity index (χ4v) is 5.92. The molecule has 0 saturated heterocycles. The van der Waals surface area contributed by atoms with Gasteiger partial charge in [0.2, 0.25) is 0 Å². The van der Waals surface area contributed by atoms with Crippen LogP contribution in [0.3, 0.4) is 0 Å². The number of aliphatic imine (C=N–C) groups is 2. The lowest BCUT2D eigenvalue weighted by molar-refractivity contribution is 0.406. The predicted molar refractivity (Wildman–Crippen MR) is 200 cm³/mol. The summed E-state index contributed by atoms with van der Waals surface area (Å²) in [6.45, 7) is 0. The molecule has 256 valence electrons. The Morgan fingerprint density at radius 1 is 0.490 bits per heavy atom. The minimum absolute atomic E-state index is 0.522. The van der Waals surface area contributed by atoms with E-state index in [-0.39, 0.29) is 0 Å². The molecule has 7 aromatic rings. The molecular formula is C40H36N6O5. The molecule has 0 bridgehead atoms. The van der Waals surface area contributed by atoms with Crippen LogP contribution in [-0.2, 0) is 0 Å². The van der Waals surface area contributed by atoms with Crippen molar-refractivity contribution in [2.45, 2.75) is 6.17 Å². The van der Waals surface area contributed by atoms with E-state index in [0.29, 0.717) is 28.9 Å². The highest BCUT2D eigenvalue weighted by molar-refractivity contribution is 5.95. The third-order valence-corrected chi connectivity index (χ3v) is 8.50. The quantitative estimate of drug-likeness (QED) is 0.120. The lowest BCUT2D eigenvalue weighted by atomic mass is 10.1. The number of hydrogen-bond donors (Lipinski definition) is 0. The Labute approximate surface area is 295 Å². The van der Waals surface area contributed by atoms with Gasteiger partial charge in [0.15, 0.2) is 17.8 Å². The number of hydrogen-bond acceptors (Lipinski definition) is 9. The van der Waals surface area contributed by atoms with Crippen molar-refractivity contribution < 1.29 is 23.7 Å². The van der Waals surface area contributed by atoms with Crippen LogP contribution in [0.15, 0.2) is 119 Å². The Morgan fingerprint density at radius 3 is 1.35 bits per heavy atom. The molecule has 0 fully saturated rings. The van der Waals surface area contributed by atoms with E-state index in [1.165, 1.54) is 0 Å². The van der Waals surface area contributed by atoms with E-state index in [1.807, 2.05) is 119 Å². The average Bonchev–Trinajstić information content (AvgIpc) is 3.73. The standard InChI is InChI=1S/C40H36N6O5/c1-47-29-12-6-9-26(19-29)24-41-38-34-17-15-32(50-4)22-36(34)45(43-38)40(28-11-8-14-31(21-28)49-3)46-37-23-33(51-5)16-18-35(37)39(44-46)42-25-27-10-7-13-30(20-27)48-2/h6-25,40H,1-5H3. The Balaban J connectivity index is 1.46. The Morgan fingerprint density at radius 2 is 0.902 bits per heavy atom. The molecule has 7 rings (SSSR count). The van der Waals surface area contributed by atoms with Crippen molar-refractivity contribution in [2.24, 2.45) is 9.98 Å². The molecule has 0 saturated carbocycles. The zero-order valence-electron chi connectivity index (χ0n) is 28.8. The van der Waals surface area contributed by atoms with Crippen molar-refractivity contribution in [1.29, 1.82) is 0 Å². The summed E-state index contributed by atoms with van der Waals surface area (Å²) in [7, 11) is 8.21. The van der Waals surface area contributed by atoms with E-state index >= 15 is 0 Å². The molecule has 2 heterocycles. The van der Waals surface area contributed by atoms with Crippen LogP contribution in [0, 0.1) is 0 Å². The normalized spacial score (nSPS) is 12.2. The summed E-state index contributed by atoms with van der Waals surface area (Å²) in [6.07, 6.45) is 2.93. The van der Waals surface area contributed by atoms with Gasteiger partial charge < -0.3 is 23.7 Å². The third-order valence-electron chi connectivity index (χ3n) is 8.50. The summed E-state index contributed by atoms with van der Waals surface area (Å²) < 4.78 is 31.7. The molecule has 0 amide bonds. The van der Waals surface area contributed by atoms with Crippen LogP contribution in [0.2, 0.25) is 0 Å². The number of ether oxygens (including phenoxy) is 5. The average molecular weight is 681 g/mol. The van der Waals surface area contributed by atoms with Gasteiger partial charge in [-0.1, -0.05) is 36.4 Å². The summed E-state index contributed by atoms with van der Waals surface area (Å²) in [6, 6.07) is 34.9. The van der Waals surface area contributed by atoms with Crippen LogP contribution in [-0.4, -0.2) is 67.5 Å². The van der Waals surface area contributed by atoms with Crippen molar-refractivity contribution in [3.8, 4) is 28.7 Å². The first-order chi connectivity index (χ1) is 25.0. The Bertz CT molecular complexity index is 2250. The first-order valence-electron chi connectivity index (χ1n) is 16.1. The second kappa shape index (κ2) is 14.5. The predicted octanol–water partition coefficient (Wildman–Crippen LogP) is 8.03. The van der Waals surface area contributed by atoms with Gasteiger partial charge in [0, 0.05) is 40.9 Å². The van der Waals surface area contributed by atoms with Gasteiger partial charge in [-0.25, -0.2) is 19.3 Å². The van der Waals surface area contributed by atoms with Gasteiger partial charge in [-0.2, -0.15) is 0 Å². The summed E-state index contributed by atoms with van der Waals surface area (Å²) in [4.78, 5) is 9.74. The summed E-state index contributed by atoms with van der Waals surface area (Å²) in [5, 5.41) is 12.0. The molecule has 0 aliphatic rings. The molecule has 51 heavy (non-hydrogen) atoms. The maximum absolute atomic E-state index is 5.68. The first kappa shape index (κ1) is 32.9. The lowest BCUT2D eigenvalue weighted by Gasteiger charge is -2.21. The van der Waals surface area contributed by atoms with Crippen LogP contribution in [0.4, 0.5) is 11.6 Å². The molecule has 0 aliphatic carbocycles. The zero-order valence-corrected chi connectivity index (χ0v) is 28.8. The van der Waals surface area contributed by atoms with Gasteiger partial charge in [0.1, 0.15) is 28.7 Å². The minimum atomic E-state index is -0.620. The molecule has 11 nitrogen and oxygen atoms in total. The maximum atomic E-state index is 5.68. The topological polar surface area (TPSA) is 107 Å². The van der Waals surface area contributed by atoms with Crippen LogP contribution in [0.5, 0.6) is 28.7 Å². The SMILES string of the molecule is COc1cccc(C=Nc2nn(C(c3cccc(OC)c3)n3nc(N=Cc4cccc(OC)c4)c4ccc(OC)cc43)c3cc(OC)ccc23)c1. The third kappa shape index (κ3) is 6.69. The smallest absolute Gasteiger partial charge is 0.181 e. The largest absolute Gasteiger partial charge is 0.497 e. The van der Waals surface area contributed by atoms with Gasteiger partial charge in [0.25, 0.3) is 0 Å². The van der Waals surface area contributed by atoms with Gasteiger partial charge >= 0.3 is 0 Å². The number of fused-ring (bicyclic) bond motifs is 2. The van der Waals surface area contributed by atoms with Gasteiger partial charge in [-0.3, -0.25) is 0 Å². The molecule has 0 radical (unpaired) electrons.